The number of anilines is 2. The minimum absolute atomic E-state index is 0.0900. The number of halogens is 1. The van der Waals surface area contributed by atoms with Gasteiger partial charge in [0.2, 0.25) is 0 Å². The second kappa shape index (κ2) is 6.17. The van der Waals surface area contributed by atoms with Crippen LogP contribution in [-0.2, 0) is 0 Å². The molecule has 0 fully saturated rings. The predicted octanol–water partition coefficient (Wildman–Crippen LogP) is 2.63. The van der Waals surface area contributed by atoms with Gasteiger partial charge in [-0.15, -0.1) is 0 Å². The van der Waals surface area contributed by atoms with E-state index >= 15 is 0 Å². The molecule has 0 atom stereocenters. The van der Waals surface area contributed by atoms with Crippen LogP contribution in [0, 0.1) is 5.82 Å². The SMILES string of the molecule is CSc1nccc(-c2nc(N)c(N)nc2-c2cccc(F)c2)n1. The molecule has 6 nitrogen and oxygen atoms in total. The zero-order valence-corrected chi connectivity index (χ0v) is 13.0. The third-order valence-corrected chi connectivity index (χ3v) is 3.67. The molecular formula is C15H13FN6S. The maximum atomic E-state index is 13.6. The largest absolute Gasteiger partial charge is 0.381 e. The van der Waals surface area contributed by atoms with Gasteiger partial charge >= 0.3 is 0 Å². The quantitative estimate of drug-likeness (QED) is 0.562. The summed E-state index contributed by atoms with van der Waals surface area (Å²) in [6.45, 7) is 0. The fraction of sp³-hybridized carbons (Fsp3) is 0.0667. The molecule has 8 heteroatoms. The Kier molecular flexibility index (Phi) is 4.07. The van der Waals surface area contributed by atoms with E-state index in [1.807, 2.05) is 6.26 Å². The standard InChI is InChI=1S/C15H13FN6S/c1-23-15-19-6-5-10(20-15)12-11(21-13(17)14(18)22-12)8-3-2-4-9(16)7-8/h2-7H,1H3,(H2,17,21)(H2,18,22). The van der Waals surface area contributed by atoms with Crippen molar-refractivity contribution in [2.75, 3.05) is 17.7 Å². The molecule has 0 spiro atoms. The highest BCUT2D eigenvalue weighted by molar-refractivity contribution is 7.98. The molecule has 0 aliphatic heterocycles. The van der Waals surface area contributed by atoms with Crippen LogP contribution in [0.15, 0.2) is 41.7 Å². The highest BCUT2D eigenvalue weighted by atomic mass is 32.2. The van der Waals surface area contributed by atoms with Gasteiger partial charge < -0.3 is 11.5 Å². The summed E-state index contributed by atoms with van der Waals surface area (Å²) in [5.74, 6) is -0.185. The molecule has 4 N–H and O–H groups in total. The third kappa shape index (κ3) is 3.07. The summed E-state index contributed by atoms with van der Waals surface area (Å²) < 4.78 is 13.6. The number of rotatable bonds is 3. The minimum atomic E-state index is -0.377. The summed E-state index contributed by atoms with van der Waals surface area (Å²) in [5, 5.41) is 0.588. The predicted molar refractivity (Wildman–Crippen MR) is 89.1 cm³/mol. The number of hydrogen-bond acceptors (Lipinski definition) is 7. The number of aromatic nitrogens is 4. The van der Waals surface area contributed by atoms with Crippen molar-refractivity contribution in [1.29, 1.82) is 0 Å². The normalized spacial score (nSPS) is 10.7. The summed E-state index contributed by atoms with van der Waals surface area (Å²) in [7, 11) is 0. The first kappa shape index (κ1) is 15.2. The molecule has 2 heterocycles. The molecule has 0 amide bonds. The smallest absolute Gasteiger partial charge is 0.187 e. The summed E-state index contributed by atoms with van der Waals surface area (Å²) in [6.07, 6.45) is 3.49. The first-order valence-electron chi connectivity index (χ1n) is 6.65. The second-order valence-electron chi connectivity index (χ2n) is 4.63. The van der Waals surface area contributed by atoms with Crippen molar-refractivity contribution in [3.8, 4) is 22.6 Å². The van der Waals surface area contributed by atoms with Gasteiger partial charge in [-0.3, -0.25) is 0 Å². The molecule has 0 bridgehead atoms. The second-order valence-corrected chi connectivity index (χ2v) is 5.40. The van der Waals surface area contributed by atoms with Crippen molar-refractivity contribution in [2.45, 2.75) is 5.16 Å². The fourth-order valence-corrected chi connectivity index (χ4v) is 2.40. The van der Waals surface area contributed by atoms with E-state index < -0.39 is 0 Å². The lowest BCUT2D eigenvalue weighted by Crippen LogP contribution is -2.05. The molecule has 0 aliphatic carbocycles. The first-order chi connectivity index (χ1) is 11.1. The molecule has 0 unspecified atom stereocenters. The lowest BCUT2D eigenvalue weighted by molar-refractivity contribution is 0.628. The Morgan fingerprint density at radius 2 is 1.74 bits per heavy atom. The Morgan fingerprint density at radius 1 is 1.00 bits per heavy atom. The fourth-order valence-electron chi connectivity index (χ4n) is 2.05. The van der Waals surface area contributed by atoms with E-state index in [-0.39, 0.29) is 17.5 Å². The topological polar surface area (TPSA) is 104 Å². The van der Waals surface area contributed by atoms with Gasteiger partial charge in [0.15, 0.2) is 16.8 Å². The first-order valence-corrected chi connectivity index (χ1v) is 7.87. The lowest BCUT2D eigenvalue weighted by Gasteiger charge is -2.11. The van der Waals surface area contributed by atoms with Crippen molar-refractivity contribution in [3.05, 3.63) is 42.3 Å². The van der Waals surface area contributed by atoms with E-state index in [9.17, 15) is 4.39 Å². The Hall–Kier alpha value is -2.74. The number of nitrogen functional groups attached to an aromatic ring is 2. The van der Waals surface area contributed by atoms with Crippen LogP contribution in [0.5, 0.6) is 0 Å². The van der Waals surface area contributed by atoms with Crippen LogP contribution in [0.1, 0.15) is 0 Å². The molecule has 116 valence electrons. The van der Waals surface area contributed by atoms with Gasteiger partial charge in [-0.25, -0.2) is 24.3 Å². The molecule has 1 aromatic carbocycles. The average Bonchev–Trinajstić information content (AvgIpc) is 2.57. The van der Waals surface area contributed by atoms with Gasteiger partial charge in [0.25, 0.3) is 0 Å². The summed E-state index contributed by atoms with van der Waals surface area (Å²) in [6, 6.07) is 7.73. The van der Waals surface area contributed by atoms with Crippen LogP contribution in [-0.4, -0.2) is 26.2 Å². The van der Waals surface area contributed by atoms with Gasteiger partial charge in [-0.2, -0.15) is 0 Å². The van der Waals surface area contributed by atoms with E-state index in [0.717, 1.165) is 0 Å². The van der Waals surface area contributed by atoms with Crippen molar-refractivity contribution < 1.29 is 4.39 Å². The summed E-state index contributed by atoms with van der Waals surface area (Å²) >= 11 is 1.40. The maximum absolute atomic E-state index is 13.6. The molecule has 0 saturated heterocycles. The molecule has 0 saturated carbocycles. The monoisotopic (exact) mass is 328 g/mol. The van der Waals surface area contributed by atoms with Crippen molar-refractivity contribution in [1.82, 2.24) is 19.9 Å². The number of nitrogens with zero attached hydrogens (tertiary/aromatic N) is 4. The Labute approximate surface area is 136 Å². The molecule has 3 aromatic rings. The van der Waals surface area contributed by atoms with E-state index in [1.54, 1.807) is 24.4 Å². The number of benzene rings is 1. The van der Waals surface area contributed by atoms with Crippen LogP contribution in [0.25, 0.3) is 22.6 Å². The number of nitrogens with two attached hydrogens (primary N) is 2. The van der Waals surface area contributed by atoms with Crippen molar-refractivity contribution >= 4 is 23.4 Å². The van der Waals surface area contributed by atoms with Crippen molar-refractivity contribution in [3.63, 3.8) is 0 Å². The van der Waals surface area contributed by atoms with Gasteiger partial charge in [-0.05, 0) is 24.5 Å². The zero-order chi connectivity index (χ0) is 16.4. The van der Waals surface area contributed by atoms with Crippen molar-refractivity contribution in [2.24, 2.45) is 0 Å². The highest BCUT2D eigenvalue weighted by Gasteiger charge is 2.16. The number of thioether (sulfide) groups is 1. The van der Waals surface area contributed by atoms with Gasteiger partial charge in [0.1, 0.15) is 17.2 Å². The molecule has 0 aliphatic rings. The summed E-state index contributed by atoms with van der Waals surface area (Å²) in [4.78, 5) is 17.1. The van der Waals surface area contributed by atoms with Crippen LogP contribution in [0.2, 0.25) is 0 Å². The number of hydrogen-bond donors (Lipinski definition) is 2. The van der Waals surface area contributed by atoms with Gasteiger partial charge in [0, 0.05) is 11.8 Å². The molecular weight excluding hydrogens is 315 g/mol. The summed E-state index contributed by atoms with van der Waals surface area (Å²) in [5.41, 5.74) is 13.5. The van der Waals surface area contributed by atoms with E-state index in [2.05, 4.69) is 19.9 Å². The Morgan fingerprint density at radius 3 is 2.43 bits per heavy atom. The van der Waals surface area contributed by atoms with Crippen LogP contribution >= 0.6 is 11.8 Å². The molecule has 23 heavy (non-hydrogen) atoms. The Balaban J connectivity index is 2.25. The maximum Gasteiger partial charge on any atom is 0.187 e. The van der Waals surface area contributed by atoms with Crippen LogP contribution < -0.4 is 11.5 Å². The van der Waals surface area contributed by atoms with Gasteiger partial charge in [0.05, 0.1) is 5.69 Å². The van der Waals surface area contributed by atoms with E-state index in [0.29, 0.717) is 27.8 Å². The van der Waals surface area contributed by atoms with E-state index in [1.165, 1.54) is 23.9 Å². The average molecular weight is 328 g/mol. The molecule has 0 radical (unpaired) electrons. The third-order valence-electron chi connectivity index (χ3n) is 3.11. The Bertz CT molecular complexity index is 870. The minimum Gasteiger partial charge on any atom is -0.381 e. The van der Waals surface area contributed by atoms with E-state index in [4.69, 9.17) is 11.5 Å². The zero-order valence-electron chi connectivity index (χ0n) is 12.2. The molecule has 2 aromatic heterocycles. The van der Waals surface area contributed by atoms with Gasteiger partial charge in [-0.1, -0.05) is 23.9 Å². The molecule has 3 rings (SSSR count). The highest BCUT2D eigenvalue weighted by Crippen LogP contribution is 2.31. The van der Waals surface area contributed by atoms with Crippen LogP contribution in [0.3, 0.4) is 0 Å². The lowest BCUT2D eigenvalue weighted by atomic mass is 10.1. The van der Waals surface area contributed by atoms with Crippen LogP contribution in [0.4, 0.5) is 16.0 Å².